The van der Waals surface area contributed by atoms with Crippen LogP contribution >= 0.6 is 13.5 Å². The molecule has 5 rings (SSSR count). The van der Waals surface area contributed by atoms with E-state index in [1.807, 2.05) is 4.90 Å². The van der Waals surface area contributed by atoms with Gasteiger partial charge in [-0.1, -0.05) is 25.7 Å². The third-order valence-electron chi connectivity index (χ3n) is 7.29. The van der Waals surface area contributed by atoms with Crippen LogP contribution in [-0.4, -0.2) is 64.1 Å². The Morgan fingerprint density at radius 2 is 1.66 bits per heavy atom. The normalized spacial score (nSPS) is 19.7. The number of benzene rings is 1. The summed E-state index contributed by atoms with van der Waals surface area (Å²) in [5.41, 5.74) is 0.444. The Bertz CT molecular complexity index is 1180. The van der Waals surface area contributed by atoms with Crippen molar-refractivity contribution in [2.45, 2.75) is 51.0 Å². The molecule has 1 aromatic heterocycles. The van der Waals surface area contributed by atoms with Crippen molar-refractivity contribution in [3.63, 3.8) is 0 Å². The number of hydrogen-bond donors (Lipinski definition) is 0. The van der Waals surface area contributed by atoms with Gasteiger partial charge in [0.15, 0.2) is 5.82 Å². The van der Waals surface area contributed by atoms with Crippen LogP contribution in [0.5, 0.6) is 0 Å². The molecule has 38 heavy (non-hydrogen) atoms. The maximum atomic E-state index is 14.4. The van der Waals surface area contributed by atoms with Crippen LogP contribution < -0.4 is 4.90 Å². The Balaban J connectivity index is 0.00000336. The number of piperazine rings is 1. The molecule has 2 aliphatic heterocycles. The van der Waals surface area contributed by atoms with Gasteiger partial charge in [-0.3, -0.25) is 4.79 Å². The van der Waals surface area contributed by atoms with E-state index in [2.05, 4.69) is 15.1 Å². The van der Waals surface area contributed by atoms with E-state index < -0.39 is 23.5 Å². The van der Waals surface area contributed by atoms with Crippen LogP contribution in [0.3, 0.4) is 0 Å². The molecule has 2 fully saturated rings. The zero-order valence-electron chi connectivity index (χ0n) is 21.0. The maximum Gasteiger partial charge on any atom is 0.341 e. The van der Waals surface area contributed by atoms with Crippen molar-refractivity contribution in [1.29, 1.82) is 0 Å². The number of nitrogens with zero attached hydrogens (tertiary/aromatic N) is 6. The summed E-state index contributed by atoms with van der Waals surface area (Å²) in [7, 11) is 0. The van der Waals surface area contributed by atoms with E-state index in [4.69, 9.17) is 0 Å². The summed E-state index contributed by atoms with van der Waals surface area (Å²) in [4.78, 5) is 37.6. The van der Waals surface area contributed by atoms with E-state index in [9.17, 15) is 22.8 Å². The smallest absolute Gasteiger partial charge is 0.337 e. The monoisotopic (exact) mass is 548 g/mol. The first-order chi connectivity index (χ1) is 17.9. The summed E-state index contributed by atoms with van der Waals surface area (Å²) in [5.74, 6) is -1.30. The van der Waals surface area contributed by atoms with E-state index in [-0.39, 0.29) is 37.4 Å². The number of halogens is 3. The van der Waals surface area contributed by atoms with Gasteiger partial charge in [-0.25, -0.2) is 32.9 Å². The van der Waals surface area contributed by atoms with Gasteiger partial charge < -0.3 is 9.80 Å². The number of hydrazone groups is 1. The number of Topliss-reactive ketones (excluding diaryl/α,β-unsaturated/α-hetero) is 1. The first-order valence-electron chi connectivity index (χ1n) is 12.7. The second kappa shape index (κ2) is 12.1. The maximum absolute atomic E-state index is 14.4. The minimum atomic E-state index is -0.707. The average Bonchev–Trinajstić information content (AvgIpc) is 3.57. The van der Waals surface area contributed by atoms with E-state index >= 15 is 0 Å². The number of anilines is 1. The number of urea groups is 1. The van der Waals surface area contributed by atoms with Gasteiger partial charge in [0.05, 0.1) is 24.4 Å². The lowest BCUT2D eigenvalue weighted by Gasteiger charge is -2.37. The fraction of sp³-hybridized carbons (Fsp3) is 0.500. The van der Waals surface area contributed by atoms with Crippen molar-refractivity contribution >= 4 is 37.5 Å². The second-order valence-corrected chi connectivity index (χ2v) is 9.89. The lowest BCUT2D eigenvalue weighted by molar-refractivity contribution is -0.119. The Morgan fingerprint density at radius 1 is 0.974 bits per heavy atom. The topological polar surface area (TPSA) is 82.0 Å². The van der Waals surface area contributed by atoms with E-state index in [1.165, 1.54) is 17.1 Å². The van der Waals surface area contributed by atoms with Gasteiger partial charge in [-0.2, -0.15) is 18.6 Å². The molecule has 3 heterocycles. The van der Waals surface area contributed by atoms with Crippen LogP contribution in [0, 0.1) is 23.4 Å². The van der Waals surface area contributed by atoms with Gasteiger partial charge in [0.2, 0.25) is 5.95 Å². The second-order valence-electron chi connectivity index (χ2n) is 9.89. The fourth-order valence-electron chi connectivity index (χ4n) is 5.35. The van der Waals surface area contributed by atoms with Crippen LogP contribution in [0.2, 0.25) is 0 Å². The first kappa shape index (κ1) is 27.9. The highest BCUT2D eigenvalue weighted by atomic mass is 32.1. The zero-order valence-corrected chi connectivity index (χ0v) is 22.0. The highest BCUT2D eigenvalue weighted by molar-refractivity contribution is 7.59. The number of carbonyl (C=O) groups excluding carboxylic acids is 2. The van der Waals surface area contributed by atoms with Crippen molar-refractivity contribution in [3.05, 3.63) is 53.1 Å². The first-order valence-corrected chi connectivity index (χ1v) is 12.7. The molecule has 8 nitrogen and oxygen atoms in total. The standard InChI is InChI=1S/C26H29F3N6O2.H2S/c27-19-12-18(13-20(28)14-19)24-5-6-31-35(24)26(37)34-9-7-33(8-10-34)25-30-16-22(29)23(32-25)15-21(36)11-17-3-1-2-4-17;/h6,12-14,16-17,24H,1-5,7-11,15H2;1H2/t24-;/m0./s1. The van der Waals surface area contributed by atoms with Gasteiger partial charge in [0.1, 0.15) is 17.4 Å². The van der Waals surface area contributed by atoms with Gasteiger partial charge in [0.25, 0.3) is 0 Å². The number of hydrogen-bond acceptors (Lipinski definition) is 6. The highest BCUT2D eigenvalue weighted by Crippen LogP contribution is 2.31. The molecule has 3 aliphatic rings. The fourth-order valence-corrected chi connectivity index (χ4v) is 5.35. The average molecular weight is 549 g/mol. The molecule has 1 saturated carbocycles. The van der Waals surface area contributed by atoms with Crippen LogP contribution in [0.15, 0.2) is 29.5 Å². The molecule has 1 aliphatic carbocycles. The number of rotatable bonds is 6. The zero-order chi connectivity index (χ0) is 25.9. The lowest BCUT2D eigenvalue weighted by atomic mass is 9.99. The van der Waals surface area contributed by atoms with Crippen LogP contribution in [0.1, 0.15) is 55.8 Å². The van der Waals surface area contributed by atoms with Crippen molar-refractivity contribution in [2.75, 3.05) is 31.1 Å². The molecule has 1 atom stereocenters. The van der Waals surface area contributed by atoms with E-state index in [0.29, 0.717) is 56.5 Å². The molecule has 0 radical (unpaired) electrons. The molecule has 0 N–H and O–H groups in total. The summed E-state index contributed by atoms with van der Waals surface area (Å²) in [6, 6.07) is 2.27. The Hall–Kier alpha value is -3.15. The predicted molar refractivity (Wildman–Crippen MR) is 141 cm³/mol. The molecule has 204 valence electrons. The predicted octanol–water partition coefficient (Wildman–Crippen LogP) is 4.37. The summed E-state index contributed by atoms with van der Waals surface area (Å²) in [6.07, 6.45) is 7.82. The van der Waals surface area contributed by atoms with Gasteiger partial charge >= 0.3 is 6.03 Å². The van der Waals surface area contributed by atoms with Crippen molar-refractivity contribution in [1.82, 2.24) is 19.9 Å². The third-order valence-corrected chi connectivity index (χ3v) is 7.29. The molecule has 0 bridgehead atoms. The Kier molecular flexibility index (Phi) is 8.91. The van der Waals surface area contributed by atoms with Crippen molar-refractivity contribution < 1.29 is 22.8 Å². The van der Waals surface area contributed by atoms with Gasteiger partial charge in [-0.15, -0.1) is 0 Å². The quantitative estimate of drug-likeness (QED) is 0.536. The molecule has 1 aromatic carbocycles. The van der Waals surface area contributed by atoms with Crippen LogP contribution in [0.4, 0.5) is 23.9 Å². The minimum Gasteiger partial charge on any atom is -0.337 e. The molecular formula is C26H31F3N6O2S. The summed E-state index contributed by atoms with van der Waals surface area (Å²) >= 11 is 0. The number of aromatic nitrogens is 2. The summed E-state index contributed by atoms with van der Waals surface area (Å²) in [6.45, 7) is 1.49. The van der Waals surface area contributed by atoms with Crippen molar-refractivity contribution in [3.8, 4) is 0 Å². The van der Waals surface area contributed by atoms with E-state index in [0.717, 1.165) is 37.9 Å². The molecule has 12 heteroatoms. The van der Waals surface area contributed by atoms with E-state index in [1.54, 1.807) is 11.1 Å². The SMILES string of the molecule is O=C(Cc1nc(N2CCN(C(=O)N3N=CC[C@H]3c3cc(F)cc(F)c3)CC2)ncc1F)CC1CCCC1.S. The van der Waals surface area contributed by atoms with Gasteiger partial charge in [0, 0.05) is 51.3 Å². The largest absolute Gasteiger partial charge is 0.341 e. The molecular weight excluding hydrogens is 517 g/mol. The van der Waals surface area contributed by atoms with Crippen LogP contribution in [-0.2, 0) is 11.2 Å². The molecule has 2 amide bonds. The summed E-state index contributed by atoms with van der Waals surface area (Å²) < 4.78 is 41.8. The number of amides is 2. The summed E-state index contributed by atoms with van der Waals surface area (Å²) in [5, 5.41) is 5.41. The Labute approximate surface area is 226 Å². The molecule has 0 spiro atoms. The van der Waals surface area contributed by atoms with Crippen LogP contribution in [0.25, 0.3) is 0 Å². The van der Waals surface area contributed by atoms with Gasteiger partial charge in [-0.05, 0) is 23.6 Å². The molecule has 2 aromatic rings. The third kappa shape index (κ3) is 6.28. The highest BCUT2D eigenvalue weighted by Gasteiger charge is 2.34. The Morgan fingerprint density at radius 3 is 2.34 bits per heavy atom. The molecule has 1 saturated heterocycles. The minimum absolute atomic E-state index is 0. The lowest BCUT2D eigenvalue weighted by Crippen LogP contribution is -2.52. The van der Waals surface area contributed by atoms with Crippen molar-refractivity contribution in [2.24, 2.45) is 11.0 Å². The number of ketones is 1. The number of carbonyl (C=O) groups is 2. The molecule has 0 unspecified atom stereocenters.